The summed E-state index contributed by atoms with van der Waals surface area (Å²) in [6.45, 7) is 8.32. The summed E-state index contributed by atoms with van der Waals surface area (Å²) in [7, 11) is 1.56. The topological polar surface area (TPSA) is 215 Å². The predicted octanol–water partition coefficient (Wildman–Crippen LogP) is 8.73. The first-order valence-electron chi connectivity index (χ1n) is 25.1. The predicted molar refractivity (Wildman–Crippen MR) is 285 cm³/mol. The Hall–Kier alpha value is -8.33. The van der Waals surface area contributed by atoms with Crippen LogP contribution in [0.4, 0.5) is 26.0 Å². The van der Waals surface area contributed by atoms with Crippen molar-refractivity contribution in [2.45, 2.75) is 83.6 Å². The van der Waals surface area contributed by atoms with E-state index in [4.69, 9.17) is 19.9 Å². The Morgan fingerprint density at radius 2 is 1.63 bits per heavy atom. The summed E-state index contributed by atoms with van der Waals surface area (Å²) in [6, 6.07) is 22.2. The minimum atomic E-state index is -2.06. The van der Waals surface area contributed by atoms with Gasteiger partial charge in [0.15, 0.2) is 16.5 Å². The van der Waals surface area contributed by atoms with Crippen LogP contribution in [0.15, 0.2) is 104 Å². The molecule has 3 aliphatic rings. The first-order chi connectivity index (χ1) is 36.7. The van der Waals surface area contributed by atoms with Gasteiger partial charge in [-0.25, -0.2) is 18.0 Å². The van der Waals surface area contributed by atoms with Gasteiger partial charge in [-0.05, 0) is 92.8 Å². The number of piperidine rings is 2. The van der Waals surface area contributed by atoms with Gasteiger partial charge in [0.1, 0.15) is 35.2 Å². The standard InChI is InChI=1S/C53H51F2N11O7S.C2H6/c1-29(32-12-15-36(55)16-13-32)73-43-24-34(14-17-40(43)62-74(72)30(2)54)47-46-48(63(4)61-47)39(27-58-49(46)56-3)35-26-59-65(28-35)37-20-22-64(23-21-37)51(69)33-10-8-31(9-11-33)25-57-41-7-5-6-38-45(41)53(71)66(52(38)70)42-18-19-44(67)60-50(42)68;1-2/h5-17,24,26-30,37,42,57,62H,18-23,25H2,1-4H3,(H,56,58)(H,60,67,68);1-2H3. The van der Waals surface area contributed by atoms with Crippen LogP contribution in [0.2, 0.25) is 0 Å². The smallest absolute Gasteiger partial charge is 0.264 e. The zero-order valence-corrected chi connectivity index (χ0v) is 43.5. The van der Waals surface area contributed by atoms with Crippen LogP contribution >= 0.6 is 0 Å². The summed E-state index contributed by atoms with van der Waals surface area (Å²) >= 11 is 0. The second-order valence-corrected chi connectivity index (χ2v) is 19.8. The van der Waals surface area contributed by atoms with Gasteiger partial charge in [0.05, 0.1) is 40.0 Å². The maximum absolute atomic E-state index is 14.1. The molecule has 5 amide bonds. The fourth-order valence-corrected chi connectivity index (χ4v) is 10.3. The lowest BCUT2D eigenvalue weighted by Crippen LogP contribution is -2.54. The third-order valence-electron chi connectivity index (χ3n) is 13.7. The number of carbonyl (C=O) groups is 5. The molecular weight excluding hydrogens is 997 g/mol. The summed E-state index contributed by atoms with van der Waals surface area (Å²) < 4.78 is 53.3. The van der Waals surface area contributed by atoms with Crippen LogP contribution < -0.4 is 25.4 Å². The van der Waals surface area contributed by atoms with E-state index >= 15 is 0 Å². The van der Waals surface area contributed by atoms with E-state index in [9.17, 15) is 37.0 Å². The van der Waals surface area contributed by atoms with E-state index in [1.54, 1.807) is 91.7 Å². The van der Waals surface area contributed by atoms with E-state index in [0.717, 1.165) is 32.5 Å². The van der Waals surface area contributed by atoms with Gasteiger partial charge >= 0.3 is 0 Å². The van der Waals surface area contributed by atoms with E-state index < -0.39 is 52.3 Å². The largest absolute Gasteiger partial charge is 0.484 e. The number of anilines is 3. The number of hydrogen-bond acceptors (Lipinski definition) is 12. The average molecular weight is 1050 g/mol. The minimum absolute atomic E-state index is 0.0265. The van der Waals surface area contributed by atoms with Crippen LogP contribution in [-0.4, -0.2) is 99.8 Å². The van der Waals surface area contributed by atoms with E-state index in [2.05, 4.69) is 20.7 Å². The van der Waals surface area contributed by atoms with Crippen molar-refractivity contribution in [1.82, 2.24) is 39.7 Å². The van der Waals surface area contributed by atoms with Crippen molar-refractivity contribution >= 4 is 68.6 Å². The molecule has 0 saturated carbocycles. The van der Waals surface area contributed by atoms with Gasteiger partial charge < -0.3 is 20.3 Å². The summed E-state index contributed by atoms with van der Waals surface area (Å²) in [5.41, 5.74) is 5.12. The SMILES string of the molecule is CC.CNc1ncc(-c2cnn(C3CCN(C(=O)c4ccc(CNc5cccc6c5C(=O)N(C5CCC(=O)NC5=O)C6=O)cc4)CC3)c2)c2c1c(-c1ccc(NS(=O)C(C)F)c(OC(C)c3ccc(F)cc3)c1)nn2C. The molecule has 4 unspecified atom stereocenters. The van der Waals surface area contributed by atoms with Gasteiger partial charge in [-0.15, -0.1) is 0 Å². The summed E-state index contributed by atoms with van der Waals surface area (Å²) in [5, 5.41) is 19.1. The summed E-state index contributed by atoms with van der Waals surface area (Å²) in [6.07, 6.45) is 6.45. The van der Waals surface area contributed by atoms with Gasteiger partial charge in [-0.1, -0.05) is 50.2 Å². The lowest BCUT2D eigenvalue weighted by atomic mass is 10.0. The van der Waals surface area contributed by atoms with E-state index in [-0.39, 0.29) is 47.5 Å². The number of ether oxygens (including phenoxy) is 1. The number of benzene rings is 4. The Morgan fingerprint density at radius 1 is 0.895 bits per heavy atom. The number of nitrogens with zero attached hydrogens (tertiary/aromatic N) is 7. The third-order valence-corrected chi connectivity index (χ3v) is 14.7. The Morgan fingerprint density at radius 3 is 2.33 bits per heavy atom. The number of halogens is 2. The molecule has 76 heavy (non-hydrogen) atoms. The molecule has 3 aromatic heterocycles. The van der Waals surface area contributed by atoms with Crippen molar-refractivity contribution in [2.75, 3.05) is 35.5 Å². The molecule has 0 radical (unpaired) electrons. The number of amides is 5. The molecule has 7 aromatic rings. The number of aromatic nitrogens is 5. The Labute approximate surface area is 439 Å². The van der Waals surface area contributed by atoms with Crippen LogP contribution in [0, 0.1) is 5.82 Å². The van der Waals surface area contributed by atoms with Crippen LogP contribution in [0.3, 0.4) is 0 Å². The van der Waals surface area contributed by atoms with Crippen molar-refractivity contribution in [3.8, 4) is 28.1 Å². The highest BCUT2D eigenvalue weighted by atomic mass is 32.2. The quantitative estimate of drug-likeness (QED) is 0.0710. The van der Waals surface area contributed by atoms with Gasteiger partial charge in [0.2, 0.25) is 11.8 Å². The fraction of sp³-hybridized carbons (Fsp3) is 0.309. The number of aryl methyl sites for hydroxylation is 1. The molecule has 6 heterocycles. The Kier molecular flexibility index (Phi) is 15.4. The molecule has 18 nitrogen and oxygen atoms in total. The molecule has 3 aliphatic heterocycles. The number of alkyl halides is 1. The van der Waals surface area contributed by atoms with Gasteiger partial charge in [0.25, 0.3) is 17.7 Å². The first-order valence-corrected chi connectivity index (χ1v) is 26.3. The lowest BCUT2D eigenvalue weighted by Gasteiger charge is -2.32. The maximum atomic E-state index is 14.1. The summed E-state index contributed by atoms with van der Waals surface area (Å²) in [4.78, 5) is 72.4. The number of imide groups is 2. The van der Waals surface area contributed by atoms with E-state index in [1.807, 2.05) is 48.8 Å². The Bertz CT molecular complexity index is 3390. The van der Waals surface area contributed by atoms with Crippen molar-refractivity contribution in [3.63, 3.8) is 0 Å². The molecule has 10 rings (SSSR count). The molecule has 394 valence electrons. The molecule has 4 atom stereocenters. The average Bonchev–Trinajstić information content (AvgIpc) is 4.16. The van der Waals surface area contributed by atoms with E-state index in [0.29, 0.717) is 72.1 Å². The normalized spacial score (nSPS) is 16.9. The molecule has 4 N–H and O–H groups in total. The lowest BCUT2D eigenvalue weighted by molar-refractivity contribution is -0.136. The zero-order chi connectivity index (χ0) is 53.9. The molecule has 21 heteroatoms. The third kappa shape index (κ3) is 10.4. The number of likely N-dealkylation sites (tertiary alicyclic amines) is 1. The van der Waals surface area contributed by atoms with Gasteiger partial charge in [-0.2, -0.15) is 10.2 Å². The number of rotatable bonds is 15. The fourth-order valence-electron chi connectivity index (χ4n) is 9.77. The van der Waals surface area contributed by atoms with Crippen molar-refractivity contribution in [3.05, 3.63) is 137 Å². The second-order valence-electron chi connectivity index (χ2n) is 18.4. The number of fused-ring (bicyclic) bond motifs is 2. The zero-order valence-electron chi connectivity index (χ0n) is 42.7. The highest BCUT2D eigenvalue weighted by Crippen LogP contribution is 2.41. The molecule has 4 aromatic carbocycles. The first kappa shape index (κ1) is 52.5. The van der Waals surface area contributed by atoms with Crippen LogP contribution in [0.1, 0.15) is 108 Å². The van der Waals surface area contributed by atoms with Crippen LogP contribution in [0.5, 0.6) is 5.75 Å². The minimum Gasteiger partial charge on any atom is -0.484 e. The highest BCUT2D eigenvalue weighted by Gasteiger charge is 2.45. The van der Waals surface area contributed by atoms with Gasteiger partial charge in [-0.3, -0.25) is 48.3 Å². The van der Waals surface area contributed by atoms with E-state index in [1.165, 1.54) is 19.1 Å². The molecule has 2 fully saturated rings. The van der Waals surface area contributed by atoms with Crippen LogP contribution in [0.25, 0.3) is 33.3 Å². The molecular formula is C55H57F2N11O7S. The monoisotopic (exact) mass is 1050 g/mol. The number of carbonyl (C=O) groups excluding carboxylic acids is 5. The number of hydrogen-bond donors (Lipinski definition) is 4. The molecule has 0 bridgehead atoms. The van der Waals surface area contributed by atoms with Crippen molar-refractivity contribution in [1.29, 1.82) is 0 Å². The molecule has 0 aliphatic carbocycles. The number of pyridine rings is 1. The van der Waals surface area contributed by atoms with Crippen molar-refractivity contribution in [2.24, 2.45) is 7.05 Å². The molecule has 0 spiro atoms. The molecule has 2 saturated heterocycles. The Balaban J connectivity index is 0.00000349. The second kappa shape index (κ2) is 22.3. The summed E-state index contributed by atoms with van der Waals surface area (Å²) in [5.74, 6) is -1.91. The van der Waals surface area contributed by atoms with Gasteiger partial charge in [0, 0.05) is 80.5 Å². The maximum Gasteiger partial charge on any atom is 0.264 e. The van der Waals surface area contributed by atoms with Crippen molar-refractivity contribution < 1.29 is 41.7 Å². The highest BCUT2D eigenvalue weighted by molar-refractivity contribution is 7.86. The number of nitrogens with one attached hydrogen (secondary N) is 4. The van der Waals surface area contributed by atoms with Crippen LogP contribution in [-0.2, 0) is 34.2 Å².